The molecule has 2 N–H and O–H groups in total. The van der Waals surface area contributed by atoms with Crippen LogP contribution in [0, 0.1) is 0 Å². The Kier molecular flexibility index (Phi) is 6.57. The maximum atomic E-state index is 8.58. The molecule has 6 heteroatoms. The Morgan fingerprint density at radius 1 is 1.14 bits per heavy atom. The summed E-state index contributed by atoms with van der Waals surface area (Å²) in [5, 5.41) is 0.769. The first-order valence-corrected chi connectivity index (χ1v) is 10.2. The van der Waals surface area contributed by atoms with E-state index in [0.717, 1.165) is 54.5 Å². The first kappa shape index (κ1) is 20.2. The van der Waals surface area contributed by atoms with Gasteiger partial charge >= 0.3 is 0 Å². The Labute approximate surface area is 171 Å². The molecule has 0 radical (unpaired) electrons. The highest BCUT2D eigenvalue weighted by atomic mass is 35.5. The monoisotopic (exact) mass is 398 g/mol. The third kappa shape index (κ3) is 3.85. The topological polar surface area (TPSA) is 64.2 Å². The Hall–Kier alpha value is -2.53. The minimum Gasteiger partial charge on any atom is -0.372 e. The molecule has 28 heavy (non-hydrogen) atoms. The number of hydrogen-bond acceptors (Lipinski definition) is 3. The molecular formula is C22H27ClN4O. The summed E-state index contributed by atoms with van der Waals surface area (Å²) in [4.78, 5) is 15.9. The maximum Gasteiger partial charge on any atom is 0.211 e. The fourth-order valence-electron chi connectivity index (χ4n) is 4.03. The molecule has 2 heterocycles. The Bertz CT molecular complexity index is 932. The lowest BCUT2D eigenvalue weighted by atomic mass is 9.93. The van der Waals surface area contributed by atoms with Crippen LogP contribution >= 0.6 is 11.6 Å². The quantitative estimate of drug-likeness (QED) is 0.611. The number of carbonyl (C=O) groups is 1. The van der Waals surface area contributed by atoms with E-state index in [1.54, 1.807) is 0 Å². The SMILES string of the molecule is CCC(CC)c1cccc2nc3n(c12)CCCN3c1ccc(Cl)cc1.NC=O. The lowest BCUT2D eigenvalue weighted by molar-refractivity contribution is -0.106. The van der Waals surface area contributed by atoms with Gasteiger partial charge in [0, 0.05) is 23.8 Å². The van der Waals surface area contributed by atoms with E-state index < -0.39 is 0 Å². The number of rotatable bonds is 4. The lowest BCUT2D eigenvalue weighted by Crippen LogP contribution is -2.28. The number of para-hydroxylation sites is 1. The number of nitrogens with zero attached hydrogens (tertiary/aromatic N) is 3. The van der Waals surface area contributed by atoms with Gasteiger partial charge in [0.15, 0.2) is 0 Å². The van der Waals surface area contributed by atoms with Crippen molar-refractivity contribution in [2.45, 2.75) is 45.6 Å². The summed E-state index contributed by atoms with van der Waals surface area (Å²) in [7, 11) is 0. The zero-order valence-electron chi connectivity index (χ0n) is 16.4. The molecule has 1 aromatic heterocycles. The van der Waals surface area contributed by atoms with Gasteiger partial charge in [0.2, 0.25) is 12.4 Å². The molecule has 0 saturated carbocycles. The molecule has 0 atom stereocenters. The number of fused-ring (bicyclic) bond motifs is 3. The zero-order valence-corrected chi connectivity index (χ0v) is 17.2. The molecule has 3 aromatic rings. The molecule has 148 valence electrons. The largest absolute Gasteiger partial charge is 0.372 e. The molecule has 0 bridgehead atoms. The number of aromatic nitrogens is 2. The number of anilines is 2. The first-order chi connectivity index (χ1) is 13.6. The van der Waals surface area contributed by atoms with E-state index in [2.05, 4.69) is 59.4 Å². The predicted octanol–water partition coefficient (Wildman–Crippen LogP) is 5.24. The van der Waals surface area contributed by atoms with Crippen molar-refractivity contribution in [2.75, 3.05) is 11.4 Å². The van der Waals surface area contributed by atoms with Gasteiger partial charge in [-0.2, -0.15) is 0 Å². The van der Waals surface area contributed by atoms with E-state index in [1.165, 1.54) is 11.1 Å². The Balaban J connectivity index is 0.000000706. The minimum absolute atomic E-state index is 0.250. The van der Waals surface area contributed by atoms with E-state index in [9.17, 15) is 0 Å². The van der Waals surface area contributed by atoms with Gasteiger partial charge in [-0.25, -0.2) is 4.98 Å². The van der Waals surface area contributed by atoms with Crippen LogP contribution in [0.2, 0.25) is 5.02 Å². The van der Waals surface area contributed by atoms with Crippen LogP contribution in [0.15, 0.2) is 42.5 Å². The molecule has 1 aliphatic rings. The van der Waals surface area contributed by atoms with E-state index in [4.69, 9.17) is 21.4 Å². The molecule has 0 aliphatic carbocycles. The first-order valence-electron chi connectivity index (χ1n) is 9.82. The van der Waals surface area contributed by atoms with E-state index in [-0.39, 0.29) is 6.41 Å². The average Bonchev–Trinajstić information content (AvgIpc) is 3.10. The van der Waals surface area contributed by atoms with Crippen molar-refractivity contribution in [3.05, 3.63) is 53.1 Å². The third-order valence-electron chi connectivity index (χ3n) is 5.35. The minimum atomic E-state index is 0.250. The van der Waals surface area contributed by atoms with Crippen LogP contribution in [0.1, 0.15) is 44.6 Å². The van der Waals surface area contributed by atoms with Crippen molar-refractivity contribution in [3.63, 3.8) is 0 Å². The van der Waals surface area contributed by atoms with Crippen LogP contribution in [0.3, 0.4) is 0 Å². The molecule has 0 unspecified atom stereocenters. The van der Waals surface area contributed by atoms with Crippen LogP contribution in [0.25, 0.3) is 11.0 Å². The second-order valence-electron chi connectivity index (χ2n) is 6.91. The van der Waals surface area contributed by atoms with Crippen LogP contribution in [-0.4, -0.2) is 22.5 Å². The second kappa shape index (κ2) is 9.11. The fourth-order valence-corrected chi connectivity index (χ4v) is 4.16. The van der Waals surface area contributed by atoms with Crippen molar-refractivity contribution >= 4 is 40.7 Å². The van der Waals surface area contributed by atoms with Crippen molar-refractivity contribution in [1.29, 1.82) is 0 Å². The number of primary amides is 1. The maximum absolute atomic E-state index is 8.58. The molecule has 5 nitrogen and oxygen atoms in total. The molecule has 0 saturated heterocycles. The van der Waals surface area contributed by atoms with Crippen LogP contribution in [0.4, 0.5) is 11.6 Å². The van der Waals surface area contributed by atoms with E-state index in [1.807, 2.05) is 12.1 Å². The number of nitrogens with two attached hydrogens (primary N) is 1. The van der Waals surface area contributed by atoms with Gasteiger partial charge in [-0.3, -0.25) is 4.79 Å². The molecule has 0 fully saturated rings. The fraction of sp³-hybridized carbons (Fsp3) is 0.364. The molecule has 1 aliphatic heterocycles. The van der Waals surface area contributed by atoms with Crippen LogP contribution in [-0.2, 0) is 11.3 Å². The summed E-state index contributed by atoms with van der Waals surface area (Å²) in [6, 6.07) is 14.7. The van der Waals surface area contributed by atoms with Gasteiger partial charge in [-0.15, -0.1) is 0 Å². The molecule has 4 rings (SSSR count). The van der Waals surface area contributed by atoms with Gasteiger partial charge < -0.3 is 15.2 Å². The van der Waals surface area contributed by atoms with Crippen molar-refractivity contribution in [1.82, 2.24) is 9.55 Å². The van der Waals surface area contributed by atoms with Crippen molar-refractivity contribution < 1.29 is 4.79 Å². The third-order valence-corrected chi connectivity index (χ3v) is 5.60. The van der Waals surface area contributed by atoms with E-state index in [0.29, 0.717) is 5.92 Å². The number of benzene rings is 2. The number of amides is 1. The van der Waals surface area contributed by atoms with Crippen LogP contribution < -0.4 is 10.6 Å². The lowest BCUT2D eigenvalue weighted by Gasteiger charge is -2.29. The standard InChI is InChI=1S/C21H24ClN3.CH3NO/c1-3-15(4-2)18-7-5-8-19-20(18)25-14-6-13-24(21(25)23-19)17-11-9-16(22)10-12-17;2-1-3/h5,7-12,15H,3-4,6,13-14H2,1-2H3;1H,(H2,2,3). The van der Waals surface area contributed by atoms with Crippen LogP contribution in [0.5, 0.6) is 0 Å². The van der Waals surface area contributed by atoms with Gasteiger partial charge in [-0.1, -0.05) is 37.6 Å². The van der Waals surface area contributed by atoms with Gasteiger partial charge in [-0.05, 0) is 61.1 Å². The average molecular weight is 399 g/mol. The van der Waals surface area contributed by atoms with Gasteiger partial charge in [0.25, 0.3) is 0 Å². The number of aryl methyl sites for hydroxylation is 1. The summed E-state index contributed by atoms with van der Waals surface area (Å²) in [5.41, 5.74) is 9.20. The summed E-state index contributed by atoms with van der Waals surface area (Å²) in [6.07, 6.45) is 3.70. The summed E-state index contributed by atoms with van der Waals surface area (Å²) in [5.74, 6) is 1.65. The number of carbonyl (C=O) groups excluding carboxylic acids is 1. The number of imidazole rings is 1. The Morgan fingerprint density at radius 3 is 2.46 bits per heavy atom. The summed E-state index contributed by atoms with van der Waals surface area (Å²) < 4.78 is 2.42. The predicted molar refractivity (Wildman–Crippen MR) is 116 cm³/mol. The summed E-state index contributed by atoms with van der Waals surface area (Å²) in [6.45, 7) is 6.58. The highest BCUT2D eigenvalue weighted by Gasteiger charge is 2.25. The van der Waals surface area contributed by atoms with Crippen molar-refractivity contribution in [3.8, 4) is 0 Å². The normalized spacial score (nSPS) is 13.2. The van der Waals surface area contributed by atoms with E-state index >= 15 is 0 Å². The zero-order chi connectivity index (χ0) is 20.1. The van der Waals surface area contributed by atoms with Gasteiger partial charge in [0.1, 0.15) is 0 Å². The number of hydrogen-bond donors (Lipinski definition) is 1. The summed E-state index contributed by atoms with van der Waals surface area (Å²) >= 11 is 6.06. The van der Waals surface area contributed by atoms with Gasteiger partial charge in [0.05, 0.1) is 11.0 Å². The second-order valence-corrected chi connectivity index (χ2v) is 7.35. The highest BCUT2D eigenvalue weighted by Crippen LogP contribution is 2.37. The molecule has 2 aromatic carbocycles. The molecule has 1 amide bonds. The number of halogens is 1. The molecule has 0 spiro atoms. The highest BCUT2D eigenvalue weighted by molar-refractivity contribution is 6.30. The molecular weight excluding hydrogens is 372 g/mol. The smallest absolute Gasteiger partial charge is 0.211 e. The van der Waals surface area contributed by atoms with Crippen molar-refractivity contribution in [2.24, 2.45) is 5.73 Å². The Morgan fingerprint density at radius 2 is 1.82 bits per heavy atom.